The highest BCUT2D eigenvalue weighted by atomic mass is 16.5. The Labute approximate surface area is 152 Å². The van der Waals surface area contributed by atoms with Gasteiger partial charge in [-0.2, -0.15) is 5.10 Å². The summed E-state index contributed by atoms with van der Waals surface area (Å²) in [5, 5.41) is 16.7. The van der Waals surface area contributed by atoms with Crippen LogP contribution in [0.5, 0.6) is 11.5 Å². The van der Waals surface area contributed by atoms with E-state index < -0.39 is 0 Å². The lowest BCUT2D eigenvalue weighted by atomic mass is 10.1. The van der Waals surface area contributed by atoms with Gasteiger partial charge in [-0.05, 0) is 36.2 Å². The number of nitrogens with zero attached hydrogens (tertiary/aromatic N) is 2. The molecule has 134 valence electrons. The molecule has 0 aliphatic carbocycles. The zero-order chi connectivity index (χ0) is 18.2. The number of carbonyl (C=O) groups excluding carboxylic acids is 1. The van der Waals surface area contributed by atoms with E-state index in [0.29, 0.717) is 37.4 Å². The van der Waals surface area contributed by atoms with Crippen LogP contribution in [0.3, 0.4) is 0 Å². The Hall–Kier alpha value is -3.28. The minimum absolute atomic E-state index is 0.109. The van der Waals surface area contributed by atoms with Crippen molar-refractivity contribution in [1.82, 2.24) is 9.78 Å². The molecule has 1 heterocycles. The second-order valence-electron chi connectivity index (χ2n) is 5.82. The Bertz CT molecular complexity index is 847. The third-order valence-electron chi connectivity index (χ3n) is 3.88. The van der Waals surface area contributed by atoms with E-state index in [1.54, 1.807) is 29.1 Å². The number of anilines is 1. The van der Waals surface area contributed by atoms with Gasteiger partial charge >= 0.3 is 0 Å². The number of nitrogens with one attached hydrogen (secondary N) is 1. The summed E-state index contributed by atoms with van der Waals surface area (Å²) in [4.78, 5) is 12.1. The Morgan fingerprint density at radius 2 is 2.04 bits per heavy atom. The zero-order valence-corrected chi connectivity index (χ0v) is 14.3. The van der Waals surface area contributed by atoms with Gasteiger partial charge in [-0.15, -0.1) is 0 Å². The lowest BCUT2D eigenvalue weighted by Gasteiger charge is -2.10. The predicted octanol–water partition coefficient (Wildman–Crippen LogP) is 3.24. The number of phenols is 1. The number of hydrogen-bond acceptors (Lipinski definition) is 4. The van der Waals surface area contributed by atoms with Gasteiger partial charge in [0.05, 0.1) is 6.54 Å². The third-order valence-corrected chi connectivity index (χ3v) is 3.88. The number of ether oxygens (including phenoxy) is 1. The highest BCUT2D eigenvalue weighted by Gasteiger charge is 2.06. The van der Waals surface area contributed by atoms with Crippen LogP contribution in [0.1, 0.15) is 12.0 Å². The molecule has 2 aromatic carbocycles. The average molecular weight is 351 g/mol. The second kappa shape index (κ2) is 8.71. The summed E-state index contributed by atoms with van der Waals surface area (Å²) in [6.45, 7) is 1.15. The van der Waals surface area contributed by atoms with Crippen molar-refractivity contribution in [2.75, 3.05) is 11.9 Å². The van der Waals surface area contributed by atoms with E-state index in [9.17, 15) is 9.90 Å². The van der Waals surface area contributed by atoms with Gasteiger partial charge in [-0.1, -0.05) is 24.3 Å². The summed E-state index contributed by atoms with van der Waals surface area (Å²) >= 11 is 0. The highest BCUT2D eigenvalue weighted by molar-refractivity contribution is 5.91. The summed E-state index contributed by atoms with van der Waals surface area (Å²) < 4.78 is 7.50. The maximum Gasteiger partial charge on any atom is 0.224 e. The molecule has 6 nitrogen and oxygen atoms in total. The highest BCUT2D eigenvalue weighted by Crippen LogP contribution is 2.19. The number of carbonyl (C=O) groups is 1. The van der Waals surface area contributed by atoms with E-state index in [4.69, 9.17) is 4.74 Å². The number of rotatable bonds is 8. The molecule has 0 unspecified atom stereocenters. The molecule has 1 amide bonds. The SMILES string of the molecule is O=C(CCc1ccccc1O)Nc1cccc(OCCn2cccn2)c1. The monoisotopic (exact) mass is 351 g/mol. The van der Waals surface area contributed by atoms with Gasteiger partial charge in [0.25, 0.3) is 0 Å². The van der Waals surface area contributed by atoms with E-state index in [1.165, 1.54) is 0 Å². The van der Waals surface area contributed by atoms with Crippen molar-refractivity contribution in [3.8, 4) is 11.5 Å². The normalized spacial score (nSPS) is 10.5. The number of hydrogen-bond donors (Lipinski definition) is 2. The zero-order valence-electron chi connectivity index (χ0n) is 14.3. The van der Waals surface area contributed by atoms with Crippen LogP contribution in [0.25, 0.3) is 0 Å². The van der Waals surface area contributed by atoms with E-state index in [1.807, 2.05) is 42.6 Å². The summed E-state index contributed by atoms with van der Waals surface area (Å²) in [7, 11) is 0. The molecular formula is C20H21N3O3. The van der Waals surface area contributed by atoms with Crippen molar-refractivity contribution < 1.29 is 14.6 Å². The van der Waals surface area contributed by atoms with Crippen LogP contribution in [-0.4, -0.2) is 27.4 Å². The minimum Gasteiger partial charge on any atom is -0.508 e. The molecule has 1 aromatic heterocycles. The van der Waals surface area contributed by atoms with E-state index in [2.05, 4.69) is 10.4 Å². The summed E-state index contributed by atoms with van der Waals surface area (Å²) in [6.07, 6.45) is 4.39. The Kier molecular flexibility index (Phi) is 5.88. The molecule has 3 rings (SSSR count). The quantitative estimate of drug-likeness (QED) is 0.653. The number of benzene rings is 2. The van der Waals surface area contributed by atoms with Gasteiger partial charge in [0.2, 0.25) is 5.91 Å². The predicted molar refractivity (Wildman–Crippen MR) is 99.2 cm³/mol. The van der Waals surface area contributed by atoms with Crippen LogP contribution in [0, 0.1) is 0 Å². The Morgan fingerprint density at radius 3 is 2.85 bits per heavy atom. The smallest absolute Gasteiger partial charge is 0.224 e. The van der Waals surface area contributed by atoms with Gasteiger partial charge in [-0.25, -0.2) is 0 Å². The number of aromatic nitrogens is 2. The fourth-order valence-corrected chi connectivity index (χ4v) is 2.55. The van der Waals surface area contributed by atoms with Gasteiger partial charge in [-0.3, -0.25) is 9.48 Å². The first-order chi connectivity index (χ1) is 12.7. The van der Waals surface area contributed by atoms with Crippen molar-refractivity contribution in [3.05, 3.63) is 72.6 Å². The van der Waals surface area contributed by atoms with Crippen LogP contribution in [-0.2, 0) is 17.8 Å². The molecule has 0 aliphatic heterocycles. The van der Waals surface area contributed by atoms with Crippen LogP contribution >= 0.6 is 0 Å². The van der Waals surface area contributed by atoms with Crippen LogP contribution < -0.4 is 10.1 Å². The molecular weight excluding hydrogens is 330 g/mol. The molecule has 0 bridgehead atoms. The van der Waals surface area contributed by atoms with Crippen molar-refractivity contribution >= 4 is 11.6 Å². The van der Waals surface area contributed by atoms with Gasteiger partial charge in [0.1, 0.15) is 18.1 Å². The van der Waals surface area contributed by atoms with Crippen LogP contribution in [0.4, 0.5) is 5.69 Å². The largest absolute Gasteiger partial charge is 0.508 e. The molecule has 0 fully saturated rings. The van der Waals surface area contributed by atoms with Crippen molar-refractivity contribution in [1.29, 1.82) is 0 Å². The molecule has 26 heavy (non-hydrogen) atoms. The van der Waals surface area contributed by atoms with Gasteiger partial charge in [0.15, 0.2) is 0 Å². The third kappa shape index (κ3) is 5.11. The standard InChI is InChI=1S/C20H21N3O3/c24-19-8-2-1-5-16(19)9-10-20(25)22-17-6-3-7-18(15-17)26-14-13-23-12-4-11-21-23/h1-8,11-12,15,24H,9-10,13-14H2,(H,22,25). The van der Waals surface area contributed by atoms with Gasteiger partial charge in [0, 0.05) is 30.6 Å². The molecule has 0 saturated heterocycles. The topological polar surface area (TPSA) is 76.4 Å². The van der Waals surface area contributed by atoms with E-state index in [0.717, 1.165) is 5.56 Å². The van der Waals surface area contributed by atoms with Crippen molar-refractivity contribution in [2.24, 2.45) is 0 Å². The average Bonchev–Trinajstić information content (AvgIpc) is 3.15. The number of para-hydroxylation sites is 1. The Balaban J connectivity index is 1.48. The fourth-order valence-electron chi connectivity index (χ4n) is 2.55. The summed E-state index contributed by atoms with van der Waals surface area (Å²) in [5.74, 6) is 0.797. The minimum atomic E-state index is -0.109. The molecule has 3 aromatic rings. The first kappa shape index (κ1) is 17.5. The first-order valence-corrected chi connectivity index (χ1v) is 8.48. The van der Waals surface area contributed by atoms with Gasteiger partial charge < -0.3 is 15.2 Å². The fraction of sp³-hybridized carbons (Fsp3) is 0.200. The molecule has 0 saturated carbocycles. The van der Waals surface area contributed by atoms with Crippen LogP contribution in [0.15, 0.2) is 67.0 Å². The molecule has 0 spiro atoms. The molecule has 0 atom stereocenters. The second-order valence-corrected chi connectivity index (χ2v) is 5.82. The number of phenolic OH excluding ortho intramolecular Hbond substituents is 1. The maximum absolute atomic E-state index is 12.1. The number of aromatic hydroxyl groups is 1. The lowest BCUT2D eigenvalue weighted by molar-refractivity contribution is -0.116. The van der Waals surface area contributed by atoms with Crippen LogP contribution in [0.2, 0.25) is 0 Å². The number of amides is 1. The molecule has 6 heteroatoms. The summed E-state index contributed by atoms with van der Waals surface area (Å²) in [6, 6.07) is 16.2. The van der Waals surface area contributed by atoms with Crippen molar-refractivity contribution in [2.45, 2.75) is 19.4 Å². The lowest BCUT2D eigenvalue weighted by Crippen LogP contribution is -2.12. The number of aryl methyl sites for hydroxylation is 1. The van der Waals surface area contributed by atoms with E-state index >= 15 is 0 Å². The Morgan fingerprint density at radius 1 is 1.15 bits per heavy atom. The van der Waals surface area contributed by atoms with E-state index in [-0.39, 0.29) is 11.7 Å². The van der Waals surface area contributed by atoms with Crippen molar-refractivity contribution in [3.63, 3.8) is 0 Å². The molecule has 0 radical (unpaired) electrons. The maximum atomic E-state index is 12.1. The molecule has 0 aliphatic rings. The summed E-state index contributed by atoms with van der Waals surface area (Å²) in [5.41, 5.74) is 1.45. The first-order valence-electron chi connectivity index (χ1n) is 8.48. The molecule has 2 N–H and O–H groups in total.